The third kappa shape index (κ3) is 3.31. The maximum Gasteiger partial charge on any atom is 0.262 e. The van der Waals surface area contributed by atoms with Crippen LogP contribution in [0.1, 0.15) is 46.5 Å². The molecule has 0 aliphatic carbocycles. The second kappa shape index (κ2) is 7.20. The SMILES string of the molecule is CC(C)(NC(=O)c1cccs1)C(=O)N1CCc2[nH]cnc2[C@@H]1c1cccnc1. The van der Waals surface area contributed by atoms with Crippen LogP contribution in [-0.4, -0.2) is 43.7 Å². The fourth-order valence-electron chi connectivity index (χ4n) is 3.54. The minimum atomic E-state index is -1.06. The van der Waals surface area contributed by atoms with E-state index >= 15 is 0 Å². The molecular weight excluding hydrogens is 374 g/mol. The summed E-state index contributed by atoms with van der Waals surface area (Å²) in [6.07, 6.45) is 5.81. The first-order chi connectivity index (χ1) is 13.5. The van der Waals surface area contributed by atoms with Gasteiger partial charge in [-0.05, 0) is 36.9 Å². The average molecular weight is 395 g/mol. The van der Waals surface area contributed by atoms with E-state index in [0.717, 1.165) is 17.0 Å². The predicted octanol–water partition coefficient (Wildman–Crippen LogP) is 2.55. The van der Waals surface area contributed by atoms with Crippen LogP contribution < -0.4 is 5.32 Å². The van der Waals surface area contributed by atoms with Gasteiger partial charge in [0.25, 0.3) is 5.91 Å². The number of imidazole rings is 1. The zero-order valence-corrected chi connectivity index (χ0v) is 16.5. The maximum absolute atomic E-state index is 13.5. The molecule has 3 aromatic rings. The number of nitrogens with one attached hydrogen (secondary N) is 2. The lowest BCUT2D eigenvalue weighted by Crippen LogP contribution is -2.57. The molecule has 1 aliphatic heterocycles. The number of rotatable bonds is 4. The third-order valence-electron chi connectivity index (χ3n) is 4.89. The lowest BCUT2D eigenvalue weighted by molar-refractivity contribution is -0.139. The van der Waals surface area contributed by atoms with E-state index in [1.54, 1.807) is 43.5 Å². The monoisotopic (exact) mass is 395 g/mol. The van der Waals surface area contributed by atoms with Gasteiger partial charge in [0.05, 0.1) is 16.9 Å². The van der Waals surface area contributed by atoms with Gasteiger partial charge in [0.15, 0.2) is 0 Å². The van der Waals surface area contributed by atoms with Gasteiger partial charge in [0.2, 0.25) is 5.91 Å². The van der Waals surface area contributed by atoms with Crippen molar-refractivity contribution >= 4 is 23.2 Å². The smallest absolute Gasteiger partial charge is 0.262 e. The van der Waals surface area contributed by atoms with Crippen LogP contribution in [0.2, 0.25) is 0 Å². The predicted molar refractivity (Wildman–Crippen MR) is 106 cm³/mol. The van der Waals surface area contributed by atoms with Crippen molar-refractivity contribution in [1.82, 2.24) is 25.2 Å². The molecule has 0 saturated heterocycles. The standard InChI is InChI=1S/C20H21N5O2S/c1-20(2,24-18(26)15-6-4-10-28-15)19(27)25-9-7-14-16(23-12-22-14)17(25)13-5-3-8-21-11-13/h3-6,8,10-12,17H,7,9H2,1-2H3,(H,22,23)(H,24,26)/t17-/m0/s1. The molecule has 8 heteroatoms. The Labute approximate surface area is 166 Å². The number of pyridine rings is 1. The third-order valence-corrected chi connectivity index (χ3v) is 5.76. The van der Waals surface area contributed by atoms with Crippen molar-refractivity contribution in [3.63, 3.8) is 0 Å². The second-order valence-electron chi connectivity index (χ2n) is 7.26. The summed E-state index contributed by atoms with van der Waals surface area (Å²) in [5.74, 6) is -0.399. The van der Waals surface area contributed by atoms with E-state index in [1.165, 1.54) is 11.3 Å². The first-order valence-corrected chi connectivity index (χ1v) is 9.94. The van der Waals surface area contributed by atoms with Gasteiger partial charge in [-0.15, -0.1) is 11.3 Å². The van der Waals surface area contributed by atoms with Gasteiger partial charge in [0, 0.05) is 31.1 Å². The number of hydrogen-bond acceptors (Lipinski definition) is 5. The highest BCUT2D eigenvalue weighted by Gasteiger charge is 2.41. The van der Waals surface area contributed by atoms with E-state index in [9.17, 15) is 9.59 Å². The van der Waals surface area contributed by atoms with Gasteiger partial charge >= 0.3 is 0 Å². The highest BCUT2D eigenvalue weighted by molar-refractivity contribution is 7.12. The van der Waals surface area contributed by atoms with E-state index in [0.29, 0.717) is 17.8 Å². The van der Waals surface area contributed by atoms with E-state index in [4.69, 9.17) is 0 Å². The van der Waals surface area contributed by atoms with E-state index < -0.39 is 5.54 Å². The summed E-state index contributed by atoms with van der Waals surface area (Å²) >= 11 is 1.35. The summed E-state index contributed by atoms with van der Waals surface area (Å²) in [5, 5.41) is 4.72. The number of carbonyl (C=O) groups excluding carboxylic acids is 2. The van der Waals surface area contributed by atoms with E-state index in [1.807, 2.05) is 23.6 Å². The van der Waals surface area contributed by atoms with Crippen LogP contribution >= 0.6 is 11.3 Å². The van der Waals surface area contributed by atoms with Crippen molar-refractivity contribution in [2.75, 3.05) is 6.54 Å². The molecule has 28 heavy (non-hydrogen) atoms. The molecule has 1 aliphatic rings. The van der Waals surface area contributed by atoms with Gasteiger partial charge in [-0.25, -0.2) is 4.98 Å². The fourth-order valence-corrected chi connectivity index (χ4v) is 4.16. The van der Waals surface area contributed by atoms with Gasteiger partial charge in [-0.2, -0.15) is 0 Å². The molecule has 0 bridgehead atoms. The van der Waals surface area contributed by atoms with Crippen molar-refractivity contribution in [1.29, 1.82) is 0 Å². The molecule has 0 fully saturated rings. The quantitative estimate of drug-likeness (QED) is 0.710. The van der Waals surface area contributed by atoms with Gasteiger partial charge in [-0.1, -0.05) is 12.1 Å². The summed E-state index contributed by atoms with van der Waals surface area (Å²) in [6.45, 7) is 4.01. The van der Waals surface area contributed by atoms with Crippen molar-refractivity contribution in [2.24, 2.45) is 0 Å². The molecule has 0 radical (unpaired) electrons. The Morgan fingerprint density at radius 1 is 1.32 bits per heavy atom. The summed E-state index contributed by atoms with van der Waals surface area (Å²) in [6, 6.07) is 7.02. The number of aromatic nitrogens is 3. The van der Waals surface area contributed by atoms with Crippen LogP contribution in [0.3, 0.4) is 0 Å². The summed E-state index contributed by atoms with van der Waals surface area (Å²) in [5.41, 5.74) is 1.69. The maximum atomic E-state index is 13.5. The minimum absolute atomic E-state index is 0.153. The van der Waals surface area contributed by atoms with Gasteiger partial charge < -0.3 is 15.2 Å². The number of aromatic amines is 1. The molecule has 3 aromatic heterocycles. The van der Waals surface area contributed by atoms with E-state index in [-0.39, 0.29) is 17.9 Å². The molecular formula is C20H21N5O2S. The van der Waals surface area contributed by atoms with Crippen LogP contribution in [0.4, 0.5) is 0 Å². The second-order valence-corrected chi connectivity index (χ2v) is 8.21. The Morgan fingerprint density at radius 3 is 2.89 bits per heavy atom. The molecule has 0 unspecified atom stereocenters. The van der Waals surface area contributed by atoms with Gasteiger partial charge in [0.1, 0.15) is 11.6 Å². The first kappa shape index (κ1) is 18.4. The molecule has 4 heterocycles. The zero-order valence-electron chi connectivity index (χ0n) is 15.7. The number of hydrogen-bond donors (Lipinski definition) is 2. The molecule has 0 spiro atoms. The minimum Gasteiger partial charge on any atom is -0.348 e. The summed E-state index contributed by atoms with van der Waals surface area (Å²) in [7, 11) is 0. The fraction of sp³-hybridized carbons (Fsp3) is 0.300. The lowest BCUT2D eigenvalue weighted by atomic mass is 9.93. The Kier molecular flexibility index (Phi) is 4.72. The van der Waals surface area contributed by atoms with Crippen molar-refractivity contribution < 1.29 is 9.59 Å². The Morgan fingerprint density at radius 2 is 2.18 bits per heavy atom. The molecule has 2 N–H and O–H groups in total. The van der Waals surface area contributed by atoms with Crippen molar-refractivity contribution in [3.8, 4) is 0 Å². The van der Waals surface area contributed by atoms with E-state index in [2.05, 4.69) is 20.3 Å². The summed E-state index contributed by atoms with van der Waals surface area (Å²) < 4.78 is 0. The largest absolute Gasteiger partial charge is 0.348 e. The van der Waals surface area contributed by atoms with Gasteiger partial charge in [-0.3, -0.25) is 14.6 Å². The Balaban J connectivity index is 1.64. The molecule has 0 saturated carbocycles. The topological polar surface area (TPSA) is 91.0 Å². The molecule has 7 nitrogen and oxygen atoms in total. The zero-order chi connectivity index (χ0) is 19.7. The molecule has 1 atom stereocenters. The van der Waals surface area contributed by atoms with Crippen LogP contribution in [0.15, 0.2) is 48.4 Å². The summed E-state index contributed by atoms with van der Waals surface area (Å²) in [4.78, 5) is 40.2. The highest BCUT2D eigenvalue weighted by Crippen LogP contribution is 2.34. The number of thiophene rings is 1. The number of carbonyl (C=O) groups is 2. The number of H-pyrrole nitrogens is 1. The molecule has 2 amide bonds. The van der Waals surface area contributed by atoms with Crippen LogP contribution in [0, 0.1) is 0 Å². The first-order valence-electron chi connectivity index (χ1n) is 9.06. The van der Waals surface area contributed by atoms with Crippen LogP contribution in [-0.2, 0) is 11.2 Å². The van der Waals surface area contributed by atoms with Crippen LogP contribution in [0.5, 0.6) is 0 Å². The molecule has 0 aromatic carbocycles. The Hall–Kier alpha value is -3.00. The van der Waals surface area contributed by atoms with Crippen molar-refractivity contribution in [3.05, 3.63) is 70.2 Å². The molecule has 144 valence electrons. The number of fused-ring (bicyclic) bond motifs is 1. The van der Waals surface area contributed by atoms with Crippen molar-refractivity contribution in [2.45, 2.75) is 31.8 Å². The lowest BCUT2D eigenvalue weighted by Gasteiger charge is -2.39. The number of amides is 2. The van der Waals surface area contributed by atoms with Crippen LogP contribution in [0.25, 0.3) is 0 Å². The highest BCUT2D eigenvalue weighted by atomic mass is 32.1. The normalized spacial score (nSPS) is 16.5. The Bertz CT molecular complexity index is 981. The average Bonchev–Trinajstić information content (AvgIpc) is 3.38. The molecule has 4 rings (SSSR count). The number of nitrogens with zero attached hydrogens (tertiary/aromatic N) is 3.